The summed E-state index contributed by atoms with van der Waals surface area (Å²) in [5.74, 6) is 0. The van der Waals surface area contributed by atoms with E-state index in [1.54, 1.807) is 26.2 Å². The van der Waals surface area contributed by atoms with Crippen LogP contribution in [0.25, 0.3) is 11.0 Å². The van der Waals surface area contributed by atoms with Gasteiger partial charge in [0.25, 0.3) is 0 Å². The number of aromatic nitrogens is 2. The first-order chi connectivity index (χ1) is 6.61. The van der Waals surface area contributed by atoms with Crippen molar-refractivity contribution in [1.82, 2.24) is 9.97 Å². The quantitative estimate of drug-likeness (QED) is 0.646. The lowest BCUT2D eigenvalue weighted by Gasteiger charge is -1.99. The van der Waals surface area contributed by atoms with Gasteiger partial charge in [-0.05, 0) is 13.8 Å². The number of fused-ring (bicyclic) bond motifs is 1. The summed E-state index contributed by atoms with van der Waals surface area (Å²) in [5.41, 5.74) is 1.63. The molecule has 2 heterocycles. The van der Waals surface area contributed by atoms with Crippen molar-refractivity contribution >= 4 is 11.0 Å². The molecule has 0 fully saturated rings. The van der Waals surface area contributed by atoms with Crippen LogP contribution in [-0.2, 0) is 0 Å². The van der Waals surface area contributed by atoms with Gasteiger partial charge in [0.1, 0.15) is 11.0 Å². The van der Waals surface area contributed by atoms with Gasteiger partial charge in [0.05, 0.1) is 0 Å². The Morgan fingerprint density at radius 2 is 1.21 bits per heavy atom. The van der Waals surface area contributed by atoms with E-state index in [4.69, 9.17) is 0 Å². The predicted octanol–water partition coefficient (Wildman–Crippen LogP) is 0.833. The molecule has 0 spiro atoms. The topological polar surface area (TPSA) is 65.7 Å². The highest BCUT2D eigenvalue weighted by Crippen LogP contribution is 2.00. The monoisotopic (exact) mass is 190 g/mol. The Morgan fingerprint density at radius 1 is 0.857 bits per heavy atom. The number of nitrogens with one attached hydrogen (secondary N) is 2. The van der Waals surface area contributed by atoms with Gasteiger partial charge in [0.2, 0.25) is 10.9 Å². The Hall–Kier alpha value is -1.84. The third-order valence-electron chi connectivity index (χ3n) is 2.29. The number of hydrogen-bond acceptors (Lipinski definition) is 2. The van der Waals surface area contributed by atoms with Gasteiger partial charge < -0.3 is 9.97 Å². The highest BCUT2D eigenvalue weighted by molar-refractivity contribution is 5.74. The summed E-state index contributed by atoms with van der Waals surface area (Å²) in [6.45, 7) is 3.41. The highest BCUT2D eigenvalue weighted by Gasteiger charge is 2.05. The molecule has 2 aromatic rings. The molecule has 2 rings (SSSR count). The summed E-state index contributed by atoms with van der Waals surface area (Å²) in [6, 6.07) is 0. The first-order valence-electron chi connectivity index (χ1n) is 4.31. The van der Waals surface area contributed by atoms with Crippen LogP contribution in [-0.4, -0.2) is 9.97 Å². The molecule has 0 aliphatic rings. The van der Waals surface area contributed by atoms with E-state index in [0.717, 1.165) is 0 Å². The van der Waals surface area contributed by atoms with Gasteiger partial charge in [-0.15, -0.1) is 0 Å². The van der Waals surface area contributed by atoms with Crippen molar-refractivity contribution in [1.29, 1.82) is 0 Å². The van der Waals surface area contributed by atoms with E-state index in [1.165, 1.54) is 0 Å². The fourth-order valence-electron chi connectivity index (χ4n) is 1.39. The van der Waals surface area contributed by atoms with Crippen LogP contribution in [0.15, 0.2) is 22.0 Å². The molecule has 0 radical (unpaired) electrons. The zero-order valence-corrected chi connectivity index (χ0v) is 7.97. The first kappa shape index (κ1) is 8.74. The van der Waals surface area contributed by atoms with Crippen molar-refractivity contribution in [3.63, 3.8) is 0 Å². The van der Waals surface area contributed by atoms with Crippen LogP contribution < -0.4 is 10.9 Å². The molecule has 14 heavy (non-hydrogen) atoms. The van der Waals surface area contributed by atoms with Gasteiger partial charge in [-0.2, -0.15) is 0 Å². The molecule has 72 valence electrons. The van der Waals surface area contributed by atoms with Gasteiger partial charge in [-0.1, -0.05) is 0 Å². The Kier molecular flexibility index (Phi) is 1.77. The van der Waals surface area contributed by atoms with E-state index in [-0.39, 0.29) is 10.9 Å². The Morgan fingerprint density at radius 3 is 1.57 bits per heavy atom. The Labute approximate surface area is 79.6 Å². The highest BCUT2D eigenvalue weighted by atomic mass is 16.1. The molecule has 4 heteroatoms. The average Bonchev–Trinajstić information content (AvgIpc) is 2.17. The molecule has 0 bridgehead atoms. The SMILES string of the molecule is Cc1c[nH]c2c(=O)c(C)c[nH]c2c1=O. The van der Waals surface area contributed by atoms with Gasteiger partial charge in [0, 0.05) is 23.5 Å². The van der Waals surface area contributed by atoms with Crippen LogP contribution in [0.3, 0.4) is 0 Å². The third kappa shape index (κ3) is 1.08. The molecular weight excluding hydrogens is 180 g/mol. The molecule has 2 N–H and O–H groups in total. The van der Waals surface area contributed by atoms with Crippen LogP contribution in [0.4, 0.5) is 0 Å². The second-order valence-corrected chi connectivity index (χ2v) is 3.35. The minimum Gasteiger partial charge on any atom is -0.356 e. The van der Waals surface area contributed by atoms with Crippen molar-refractivity contribution in [2.75, 3.05) is 0 Å². The summed E-state index contributed by atoms with van der Waals surface area (Å²) < 4.78 is 0. The molecule has 2 aromatic heterocycles. The maximum absolute atomic E-state index is 11.6. The maximum Gasteiger partial charge on any atom is 0.208 e. The number of H-pyrrole nitrogens is 2. The summed E-state index contributed by atoms with van der Waals surface area (Å²) in [5, 5.41) is 0. The Bertz CT molecular complexity index is 552. The van der Waals surface area contributed by atoms with E-state index in [1.807, 2.05) is 0 Å². The summed E-state index contributed by atoms with van der Waals surface area (Å²) >= 11 is 0. The van der Waals surface area contributed by atoms with E-state index in [9.17, 15) is 9.59 Å². The number of aryl methyl sites for hydroxylation is 2. The second kappa shape index (κ2) is 2.83. The summed E-state index contributed by atoms with van der Waals surface area (Å²) in [4.78, 5) is 28.9. The van der Waals surface area contributed by atoms with Gasteiger partial charge in [-0.3, -0.25) is 9.59 Å². The van der Waals surface area contributed by atoms with Crippen molar-refractivity contribution in [2.24, 2.45) is 0 Å². The van der Waals surface area contributed by atoms with Crippen LogP contribution in [0.1, 0.15) is 11.1 Å². The normalized spacial score (nSPS) is 10.7. The lowest BCUT2D eigenvalue weighted by atomic mass is 10.2. The first-order valence-corrected chi connectivity index (χ1v) is 4.31. The molecule has 0 aliphatic heterocycles. The zero-order chi connectivity index (χ0) is 10.3. The van der Waals surface area contributed by atoms with E-state index >= 15 is 0 Å². The molecule has 0 aromatic carbocycles. The average molecular weight is 190 g/mol. The standard InChI is InChI=1S/C10H10N2O2/c1-5-3-11-8-7(9(5)13)12-4-6(2)10(8)14/h3-4H,1-2H3,(H,11,13)(H,12,14). The molecular formula is C10H10N2O2. The van der Waals surface area contributed by atoms with Crippen LogP contribution in [0.5, 0.6) is 0 Å². The van der Waals surface area contributed by atoms with Crippen LogP contribution in [0.2, 0.25) is 0 Å². The lowest BCUT2D eigenvalue weighted by molar-refractivity contribution is 1.21. The molecule has 0 atom stereocenters. The molecule has 0 aliphatic carbocycles. The lowest BCUT2D eigenvalue weighted by Crippen LogP contribution is -2.15. The minimum absolute atomic E-state index is 0.129. The maximum atomic E-state index is 11.6. The fraction of sp³-hybridized carbons (Fsp3) is 0.200. The zero-order valence-electron chi connectivity index (χ0n) is 7.97. The van der Waals surface area contributed by atoms with Crippen LogP contribution >= 0.6 is 0 Å². The molecule has 0 saturated heterocycles. The minimum atomic E-state index is -0.129. The van der Waals surface area contributed by atoms with E-state index in [2.05, 4.69) is 9.97 Å². The summed E-state index contributed by atoms with van der Waals surface area (Å²) in [6.07, 6.45) is 3.11. The predicted molar refractivity (Wildman–Crippen MR) is 54.7 cm³/mol. The molecule has 0 unspecified atom stereocenters. The van der Waals surface area contributed by atoms with Crippen molar-refractivity contribution in [3.05, 3.63) is 44.0 Å². The molecule has 4 nitrogen and oxygen atoms in total. The number of rotatable bonds is 0. The number of hydrogen-bond donors (Lipinski definition) is 2. The van der Waals surface area contributed by atoms with E-state index < -0.39 is 0 Å². The van der Waals surface area contributed by atoms with Crippen LogP contribution in [0, 0.1) is 13.8 Å². The smallest absolute Gasteiger partial charge is 0.208 e. The van der Waals surface area contributed by atoms with E-state index in [0.29, 0.717) is 22.2 Å². The Balaban J connectivity index is 3.10. The van der Waals surface area contributed by atoms with Gasteiger partial charge in [-0.25, -0.2) is 0 Å². The second-order valence-electron chi connectivity index (χ2n) is 3.35. The van der Waals surface area contributed by atoms with Crippen molar-refractivity contribution in [3.8, 4) is 0 Å². The van der Waals surface area contributed by atoms with Gasteiger partial charge >= 0.3 is 0 Å². The number of aromatic amines is 2. The largest absolute Gasteiger partial charge is 0.356 e. The van der Waals surface area contributed by atoms with Crippen molar-refractivity contribution in [2.45, 2.75) is 13.8 Å². The fourth-order valence-corrected chi connectivity index (χ4v) is 1.39. The number of pyridine rings is 2. The molecule has 0 saturated carbocycles. The summed E-state index contributed by atoms with van der Waals surface area (Å²) in [7, 11) is 0. The molecule has 0 amide bonds. The van der Waals surface area contributed by atoms with Crippen molar-refractivity contribution < 1.29 is 0 Å². The van der Waals surface area contributed by atoms with Gasteiger partial charge in [0.15, 0.2) is 0 Å². The third-order valence-corrected chi connectivity index (χ3v) is 2.29.